The molecule has 1 aliphatic rings. The third-order valence-electron chi connectivity index (χ3n) is 3.65. The van der Waals surface area contributed by atoms with Crippen molar-refractivity contribution in [1.29, 1.82) is 0 Å². The Hall–Kier alpha value is -0.120. The van der Waals surface area contributed by atoms with Crippen LogP contribution in [-0.2, 0) is 4.74 Å². The SMILES string of the molecule is CCOCC(C)NCC1(CO)CCCCC1. The fourth-order valence-corrected chi connectivity index (χ4v) is 2.44. The summed E-state index contributed by atoms with van der Waals surface area (Å²) in [7, 11) is 0. The van der Waals surface area contributed by atoms with Crippen LogP contribution in [0.3, 0.4) is 0 Å². The highest BCUT2D eigenvalue weighted by atomic mass is 16.5. The average molecular weight is 229 g/mol. The summed E-state index contributed by atoms with van der Waals surface area (Å²) < 4.78 is 5.38. The second-order valence-electron chi connectivity index (χ2n) is 5.16. The van der Waals surface area contributed by atoms with Crippen LogP contribution in [0.25, 0.3) is 0 Å². The molecule has 1 fully saturated rings. The Morgan fingerprint density at radius 2 is 2.00 bits per heavy atom. The van der Waals surface area contributed by atoms with Gasteiger partial charge in [0.05, 0.1) is 6.61 Å². The summed E-state index contributed by atoms with van der Waals surface area (Å²) in [6.07, 6.45) is 6.19. The van der Waals surface area contributed by atoms with E-state index in [0.717, 1.165) is 32.6 Å². The van der Waals surface area contributed by atoms with Crippen molar-refractivity contribution in [2.75, 3.05) is 26.4 Å². The summed E-state index contributed by atoms with van der Waals surface area (Å²) in [4.78, 5) is 0. The molecule has 0 spiro atoms. The molecule has 0 amide bonds. The van der Waals surface area contributed by atoms with Crippen LogP contribution in [-0.4, -0.2) is 37.5 Å². The van der Waals surface area contributed by atoms with Gasteiger partial charge in [-0.25, -0.2) is 0 Å². The molecule has 1 saturated carbocycles. The van der Waals surface area contributed by atoms with E-state index >= 15 is 0 Å². The molecule has 1 unspecified atom stereocenters. The van der Waals surface area contributed by atoms with Gasteiger partial charge in [-0.15, -0.1) is 0 Å². The van der Waals surface area contributed by atoms with Crippen LogP contribution in [0.1, 0.15) is 46.0 Å². The Morgan fingerprint density at radius 3 is 2.56 bits per heavy atom. The van der Waals surface area contributed by atoms with E-state index in [1.165, 1.54) is 19.3 Å². The van der Waals surface area contributed by atoms with Gasteiger partial charge in [0.25, 0.3) is 0 Å². The Morgan fingerprint density at radius 1 is 1.31 bits per heavy atom. The molecule has 3 heteroatoms. The standard InChI is InChI=1S/C13H27NO2/c1-3-16-9-12(2)14-10-13(11-15)7-5-4-6-8-13/h12,14-15H,3-11H2,1-2H3. The summed E-state index contributed by atoms with van der Waals surface area (Å²) >= 11 is 0. The molecule has 1 rings (SSSR count). The van der Waals surface area contributed by atoms with Crippen LogP contribution in [0.15, 0.2) is 0 Å². The van der Waals surface area contributed by atoms with Crippen LogP contribution < -0.4 is 5.32 Å². The van der Waals surface area contributed by atoms with Crippen LogP contribution >= 0.6 is 0 Å². The maximum atomic E-state index is 9.56. The number of hydrogen-bond donors (Lipinski definition) is 2. The van der Waals surface area contributed by atoms with Gasteiger partial charge in [-0.1, -0.05) is 19.3 Å². The predicted molar refractivity (Wildman–Crippen MR) is 66.6 cm³/mol. The minimum Gasteiger partial charge on any atom is -0.396 e. The number of rotatable bonds is 7. The average Bonchev–Trinajstić information content (AvgIpc) is 2.35. The molecule has 0 aromatic heterocycles. The van der Waals surface area contributed by atoms with E-state index in [2.05, 4.69) is 12.2 Å². The molecular weight excluding hydrogens is 202 g/mol. The van der Waals surface area contributed by atoms with Gasteiger partial charge in [0, 0.05) is 31.2 Å². The molecule has 3 nitrogen and oxygen atoms in total. The number of aliphatic hydroxyl groups excluding tert-OH is 1. The first-order chi connectivity index (χ1) is 7.72. The van der Waals surface area contributed by atoms with Crippen molar-refractivity contribution < 1.29 is 9.84 Å². The molecule has 0 radical (unpaired) electrons. The van der Waals surface area contributed by atoms with Crippen molar-refractivity contribution >= 4 is 0 Å². The van der Waals surface area contributed by atoms with E-state index in [1.54, 1.807) is 0 Å². The quantitative estimate of drug-likeness (QED) is 0.701. The van der Waals surface area contributed by atoms with Crippen LogP contribution in [0.4, 0.5) is 0 Å². The first-order valence-corrected chi connectivity index (χ1v) is 6.64. The van der Waals surface area contributed by atoms with Gasteiger partial charge in [-0.3, -0.25) is 0 Å². The molecule has 0 aliphatic heterocycles. The maximum absolute atomic E-state index is 9.56. The number of nitrogens with one attached hydrogen (secondary N) is 1. The molecule has 16 heavy (non-hydrogen) atoms. The number of ether oxygens (including phenoxy) is 1. The van der Waals surface area contributed by atoms with Crippen molar-refractivity contribution in [3.05, 3.63) is 0 Å². The van der Waals surface area contributed by atoms with E-state index in [-0.39, 0.29) is 5.41 Å². The summed E-state index contributed by atoms with van der Waals surface area (Å²) in [5, 5.41) is 13.1. The van der Waals surface area contributed by atoms with E-state index in [1.807, 2.05) is 6.92 Å². The lowest BCUT2D eigenvalue weighted by molar-refractivity contribution is 0.0696. The molecule has 2 N–H and O–H groups in total. The van der Waals surface area contributed by atoms with Crippen LogP contribution in [0.5, 0.6) is 0 Å². The van der Waals surface area contributed by atoms with Crippen molar-refractivity contribution in [3.63, 3.8) is 0 Å². The zero-order valence-corrected chi connectivity index (χ0v) is 10.8. The molecule has 0 saturated heterocycles. The Bertz CT molecular complexity index is 179. The summed E-state index contributed by atoms with van der Waals surface area (Å²) in [5.41, 5.74) is 0.138. The largest absolute Gasteiger partial charge is 0.396 e. The van der Waals surface area contributed by atoms with Gasteiger partial charge in [-0.2, -0.15) is 0 Å². The Labute approximate surface area is 99.6 Å². The van der Waals surface area contributed by atoms with Crippen molar-refractivity contribution in [2.24, 2.45) is 5.41 Å². The fourth-order valence-electron chi connectivity index (χ4n) is 2.44. The van der Waals surface area contributed by atoms with Crippen LogP contribution in [0.2, 0.25) is 0 Å². The molecule has 96 valence electrons. The Kier molecular flexibility index (Phi) is 6.32. The highest BCUT2D eigenvalue weighted by molar-refractivity contribution is 4.85. The van der Waals surface area contributed by atoms with Crippen LogP contribution in [0, 0.1) is 5.41 Å². The molecule has 0 aromatic carbocycles. The highest BCUT2D eigenvalue weighted by Crippen LogP contribution is 2.35. The van der Waals surface area contributed by atoms with Gasteiger partial charge in [0.2, 0.25) is 0 Å². The third kappa shape index (κ3) is 4.40. The number of hydrogen-bond acceptors (Lipinski definition) is 3. The topological polar surface area (TPSA) is 41.5 Å². The van der Waals surface area contributed by atoms with E-state index < -0.39 is 0 Å². The van der Waals surface area contributed by atoms with Crippen molar-refractivity contribution in [2.45, 2.75) is 52.0 Å². The molecule has 0 aromatic rings. The summed E-state index contributed by atoms with van der Waals surface area (Å²) in [6, 6.07) is 0.380. The molecule has 0 heterocycles. The van der Waals surface area contributed by atoms with Crippen molar-refractivity contribution in [3.8, 4) is 0 Å². The molecule has 1 aliphatic carbocycles. The van der Waals surface area contributed by atoms with Gasteiger partial charge in [0.1, 0.15) is 0 Å². The minimum atomic E-state index is 0.138. The smallest absolute Gasteiger partial charge is 0.0616 e. The Balaban J connectivity index is 2.27. The summed E-state index contributed by atoms with van der Waals surface area (Å²) in [6.45, 7) is 6.95. The predicted octanol–water partition coefficient (Wildman–Crippen LogP) is 1.94. The van der Waals surface area contributed by atoms with Gasteiger partial charge >= 0.3 is 0 Å². The molecular formula is C13H27NO2. The van der Waals surface area contributed by atoms with Crippen molar-refractivity contribution in [1.82, 2.24) is 5.32 Å². The fraction of sp³-hybridized carbons (Fsp3) is 1.00. The maximum Gasteiger partial charge on any atom is 0.0616 e. The minimum absolute atomic E-state index is 0.138. The normalized spacial score (nSPS) is 21.9. The second kappa shape index (κ2) is 7.25. The lowest BCUT2D eigenvalue weighted by atomic mass is 9.74. The second-order valence-corrected chi connectivity index (χ2v) is 5.16. The van der Waals surface area contributed by atoms with Gasteiger partial charge < -0.3 is 15.2 Å². The monoisotopic (exact) mass is 229 g/mol. The van der Waals surface area contributed by atoms with E-state index in [4.69, 9.17) is 4.74 Å². The lowest BCUT2D eigenvalue weighted by Gasteiger charge is -2.36. The zero-order chi connectivity index (χ0) is 11.9. The van der Waals surface area contributed by atoms with E-state index in [0.29, 0.717) is 12.6 Å². The molecule has 0 bridgehead atoms. The number of aliphatic hydroxyl groups is 1. The highest BCUT2D eigenvalue weighted by Gasteiger charge is 2.31. The lowest BCUT2D eigenvalue weighted by Crippen LogP contribution is -2.43. The van der Waals surface area contributed by atoms with Gasteiger partial charge in [0.15, 0.2) is 0 Å². The van der Waals surface area contributed by atoms with Gasteiger partial charge in [-0.05, 0) is 26.7 Å². The third-order valence-corrected chi connectivity index (χ3v) is 3.65. The summed E-state index contributed by atoms with van der Waals surface area (Å²) in [5.74, 6) is 0. The molecule has 1 atom stereocenters. The first-order valence-electron chi connectivity index (χ1n) is 6.64. The zero-order valence-electron chi connectivity index (χ0n) is 10.8. The van der Waals surface area contributed by atoms with E-state index in [9.17, 15) is 5.11 Å². The first kappa shape index (κ1) is 13.9.